The van der Waals surface area contributed by atoms with E-state index in [1.54, 1.807) is 38.1 Å². The van der Waals surface area contributed by atoms with Gasteiger partial charge in [0.05, 0.1) is 24.0 Å². The van der Waals surface area contributed by atoms with Crippen LogP contribution in [0.25, 0.3) is 5.69 Å². The van der Waals surface area contributed by atoms with Crippen molar-refractivity contribution in [2.75, 3.05) is 12.4 Å². The van der Waals surface area contributed by atoms with E-state index in [0.29, 0.717) is 11.3 Å². The Hall–Kier alpha value is -3.89. The van der Waals surface area contributed by atoms with Gasteiger partial charge in [-0.3, -0.25) is 9.59 Å². The van der Waals surface area contributed by atoms with Gasteiger partial charge in [-0.15, -0.1) is 0 Å². The van der Waals surface area contributed by atoms with Crippen LogP contribution in [0.5, 0.6) is 5.75 Å². The van der Waals surface area contributed by atoms with Gasteiger partial charge in [-0.05, 0) is 48.4 Å². The molecule has 2 amide bonds. The van der Waals surface area contributed by atoms with Crippen molar-refractivity contribution in [3.8, 4) is 11.4 Å². The molecule has 0 radical (unpaired) electrons. The Balaban J connectivity index is 1.87. The minimum absolute atomic E-state index is 0.121. The van der Waals surface area contributed by atoms with Crippen molar-refractivity contribution in [1.29, 1.82) is 0 Å². The van der Waals surface area contributed by atoms with Crippen molar-refractivity contribution >= 4 is 17.5 Å². The highest BCUT2D eigenvalue weighted by Crippen LogP contribution is 2.33. The standard InChI is InChI=1S/C22H22F3N5O3/c1-13(2)19(29-20(31)14-4-7-16(33-3)8-5-14)21(32)28-17-10-15(22(23,24)25)6-9-18(17)30-12-26-11-27-30/h4-13,19H,1-3H3,(H,28,32)(H,29,31)/t19-/m0/s1. The molecule has 0 saturated heterocycles. The molecule has 174 valence electrons. The number of amides is 2. The van der Waals surface area contributed by atoms with Crippen LogP contribution in [0.1, 0.15) is 29.8 Å². The van der Waals surface area contributed by atoms with Gasteiger partial charge >= 0.3 is 6.18 Å². The van der Waals surface area contributed by atoms with Gasteiger partial charge in [0.15, 0.2) is 0 Å². The fourth-order valence-electron chi connectivity index (χ4n) is 3.06. The molecule has 1 heterocycles. The second kappa shape index (κ2) is 9.72. The highest BCUT2D eigenvalue weighted by molar-refractivity contribution is 6.02. The number of rotatable bonds is 7. The predicted octanol–water partition coefficient (Wildman–Crippen LogP) is 3.69. The average Bonchev–Trinajstić information content (AvgIpc) is 3.31. The number of hydrogen-bond acceptors (Lipinski definition) is 5. The lowest BCUT2D eigenvalue weighted by molar-refractivity contribution is -0.137. The Morgan fingerprint density at radius 2 is 1.79 bits per heavy atom. The summed E-state index contributed by atoms with van der Waals surface area (Å²) in [5.74, 6) is -0.970. The summed E-state index contributed by atoms with van der Waals surface area (Å²) in [7, 11) is 1.50. The van der Waals surface area contributed by atoms with Crippen LogP contribution in [0, 0.1) is 5.92 Å². The van der Waals surface area contributed by atoms with Crippen LogP contribution in [0.3, 0.4) is 0 Å². The van der Waals surface area contributed by atoms with Crippen molar-refractivity contribution in [2.24, 2.45) is 5.92 Å². The van der Waals surface area contributed by atoms with Crippen molar-refractivity contribution in [3.63, 3.8) is 0 Å². The van der Waals surface area contributed by atoms with Gasteiger partial charge in [0.25, 0.3) is 5.91 Å². The summed E-state index contributed by atoms with van der Waals surface area (Å²) < 4.78 is 46.1. The number of hydrogen-bond donors (Lipinski definition) is 2. The third kappa shape index (κ3) is 5.68. The van der Waals surface area contributed by atoms with Crippen LogP contribution in [0.2, 0.25) is 0 Å². The molecule has 0 unspecified atom stereocenters. The third-order valence-corrected chi connectivity index (χ3v) is 4.84. The lowest BCUT2D eigenvalue weighted by atomic mass is 10.0. The van der Waals surface area contributed by atoms with Crippen LogP contribution in [-0.4, -0.2) is 39.7 Å². The van der Waals surface area contributed by atoms with Crippen LogP contribution >= 0.6 is 0 Å². The summed E-state index contributed by atoms with van der Waals surface area (Å²) in [6, 6.07) is 8.16. The molecule has 0 bridgehead atoms. The summed E-state index contributed by atoms with van der Waals surface area (Å²) in [4.78, 5) is 29.5. The molecule has 11 heteroatoms. The number of alkyl halides is 3. The Morgan fingerprint density at radius 3 is 2.33 bits per heavy atom. The number of anilines is 1. The first-order chi connectivity index (χ1) is 15.6. The van der Waals surface area contributed by atoms with E-state index in [1.165, 1.54) is 30.5 Å². The monoisotopic (exact) mass is 461 g/mol. The first kappa shape index (κ1) is 23.8. The first-order valence-electron chi connectivity index (χ1n) is 9.92. The van der Waals surface area contributed by atoms with Gasteiger partial charge in [-0.1, -0.05) is 13.8 Å². The second-order valence-corrected chi connectivity index (χ2v) is 7.48. The first-order valence-corrected chi connectivity index (χ1v) is 9.92. The number of carbonyl (C=O) groups excluding carboxylic acids is 2. The molecule has 33 heavy (non-hydrogen) atoms. The molecule has 0 fully saturated rings. The fourth-order valence-corrected chi connectivity index (χ4v) is 3.06. The van der Waals surface area contributed by atoms with Gasteiger partial charge in [-0.25, -0.2) is 9.67 Å². The van der Waals surface area contributed by atoms with E-state index in [4.69, 9.17) is 4.74 Å². The average molecular weight is 461 g/mol. The zero-order chi connectivity index (χ0) is 24.2. The molecule has 2 aromatic carbocycles. The van der Waals surface area contributed by atoms with Crippen molar-refractivity contribution in [1.82, 2.24) is 20.1 Å². The van der Waals surface area contributed by atoms with Gasteiger partial charge in [0.1, 0.15) is 24.4 Å². The summed E-state index contributed by atoms with van der Waals surface area (Å²) in [5.41, 5.74) is -0.566. The normalized spacial score (nSPS) is 12.3. The molecule has 1 aromatic heterocycles. The molecule has 0 spiro atoms. The Labute approximate surface area is 187 Å². The van der Waals surface area contributed by atoms with Crippen molar-refractivity contribution < 1.29 is 27.5 Å². The minimum atomic E-state index is -4.61. The van der Waals surface area contributed by atoms with E-state index < -0.39 is 29.6 Å². The highest BCUT2D eigenvalue weighted by Gasteiger charge is 2.32. The molecule has 8 nitrogen and oxygen atoms in total. The summed E-state index contributed by atoms with van der Waals surface area (Å²) in [6.07, 6.45) is -2.10. The largest absolute Gasteiger partial charge is 0.497 e. The molecular weight excluding hydrogens is 439 g/mol. The number of nitrogens with one attached hydrogen (secondary N) is 2. The maximum absolute atomic E-state index is 13.3. The lowest BCUT2D eigenvalue weighted by Crippen LogP contribution is -2.47. The van der Waals surface area contributed by atoms with Gasteiger partial charge in [0.2, 0.25) is 5.91 Å². The van der Waals surface area contributed by atoms with E-state index in [2.05, 4.69) is 20.7 Å². The maximum Gasteiger partial charge on any atom is 0.416 e. The molecule has 0 aliphatic carbocycles. The van der Waals surface area contributed by atoms with Crippen molar-refractivity contribution in [2.45, 2.75) is 26.1 Å². The van der Waals surface area contributed by atoms with Crippen molar-refractivity contribution in [3.05, 3.63) is 66.2 Å². The molecule has 3 rings (SSSR count). The number of aromatic nitrogens is 3. The topological polar surface area (TPSA) is 98.1 Å². The second-order valence-electron chi connectivity index (χ2n) is 7.48. The number of benzene rings is 2. The number of halogens is 3. The Kier molecular flexibility index (Phi) is 7.00. The molecule has 2 N–H and O–H groups in total. The molecule has 1 atom stereocenters. The Bertz CT molecular complexity index is 1110. The number of nitrogens with zero attached hydrogens (tertiary/aromatic N) is 3. The molecule has 0 saturated carbocycles. The molecular formula is C22H22F3N5O3. The van der Waals surface area contributed by atoms with E-state index in [9.17, 15) is 22.8 Å². The van der Waals surface area contributed by atoms with Crippen LogP contribution < -0.4 is 15.4 Å². The quantitative estimate of drug-likeness (QED) is 0.559. The third-order valence-electron chi connectivity index (χ3n) is 4.84. The highest BCUT2D eigenvalue weighted by atomic mass is 19.4. The summed E-state index contributed by atoms with van der Waals surface area (Å²) in [6.45, 7) is 3.42. The predicted molar refractivity (Wildman–Crippen MR) is 114 cm³/mol. The smallest absolute Gasteiger partial charge is 0.416 e. The van der Waals surface area contributed by atoms with Gasteiger partial charge in [0, 0.05) is 5.56 Å². The SMILES string of the molecule is COc1ccc(C(=O)N[C@H](C(=O)Nc2cc(C(F)(F)F)ccc2-n2cncn2)C(C)C)cc1. The zero-order valence-electron chi connectivity index (χ0n) is 18.1. The molecule has 0 aliphatic rings. The van der Waals surface area contributed by atoms with Gasteiger partial charge in [-0.2, -0.15) is 18.3 Å². The Morgan fingerprint density at radius 1 is 1.09 bits per heavy atom. The number of ether oxygens (including phenoxy) is 1. The molecule has 0 aliphatic heterocycles. The van der Waals surface area contributed by atoms with Crippen LogP contribution in [0.4, 0.5) is 18.9 Å². The van der Waals surface area contributed by atoms with Crippen LogP contribution in [0.15, 0.2) is 55.1 Å². The molecule has 3 aromatic rings. The summed E-state index contributed by atoms with van der Waals surface area (Å²) in [5, 5.41) is 9.07. The van der Waals surface area contributed by atoms with E-state index in [1.807, 2.05) is 0 Å². The summed E-state index contributed by atoms with van der Waals surface area (Å²) >= 11 is 0. The van der Waals surface area contributed by atoms with E-state index >= 15 is 0 Å². The minimum Gasteiger partial charge on any atom is -0.497 e. The van der Waals surface area contributed by atoms with E-state index in [-0.39, 0.29) is 17.3 Å². The van der Waals surface area contributed by atoms with E-state index in [0.717, 1.165) is 12.1 Å². The number of carbonyl (C=O) groups is 2. The van der Waals surface area contributed by atoms with Gasteiger partial charge < -0.3 is 15.4 Å². The zero-order valence-corrected chi connectivity index (χ0v) is 18.1. The fraction of sp³-hybridized carbons (Fsp3) is 0.273. The maximum atomic E-state index is 13.3. The number of methoxy groups -OCH3 is 1. The lowest BCUT2D eigenvalue weighted by Gasteiger charge is -2.23. The van der Waals surface area contributed by atoms with Crippen LogP contribution in [-0.2, 0) is 11.0 Å².